The number of aryl methyl sites for hydroxylation is 2. The fraction of sp³-hybridized carbons (Fsp3) is 0.429. The minimum Gasteiger partial charge on any atom is -0.366 e. The molecule has 208 valence electrons. The minimum atomic E-state index is -3.18. The van der Waals surface area contributed by atoms with Gasteiger partial charge in [0.05, 0.1) is 22.5 Å². The van der Waals surface area contributed by atoms with Gasteiger partial charge in [-0.05, 0) is 86.8 Å². The Morgan fingerprint density at radius 3 is 2.56 bits per heavy atom. The highest BCUT2D eigenvalue weighted by atomic mass is 32.2. The number of rotatable bonds is 9. The van der Waals surface area contributed by atoms with Crippen molar-refractivity contribution in [1.82, 2.24) is 24.4 Å². The van der Waals surface area contributed by atoms with E-state index in [4.69, 9.17) is 5.73 Å². The molecule has 4 N–H and O–H groups in total. The van der Waals surface area contributed by atoms with E-state index in [-0.39, 0.29) is 11.7 Å². The van der Waals surface area contributed by atoms with Crippen LogP contribution in [0.4, 0.5) is 0 Å². The Labute approximate surface area is 233 Å². The van der Waals surface area contributed by atoms with Crippen molar-refractivity contribution in [3.8, 4) is 11.1 Å². The number of carbonyl (C=O) groups excluding carboxylic acids is 1. The Bertz CT molecular complexity index is 1590. The third-order valence-corrected chi connectivity index (χ3v) is 10.7. The van der Waals surface area contributed by atoms with Crippen LogP contribution in [0.2, 0.25) is 0 Å². The zero-order valence-electron chi connectivity index (χ0n) is 22.9. The van der Waals surface area contributed by atoms with Crippen LogP contribution in [0.5, 0.6) is 0 Å². The molecule has 39 heavy (non-hydrogen) atoms. The Balaban J connectivity index is 1.40. The van der Waals surface area contributed by atoms with Crippen molar-refractivity contribution in [3.05, 3.63) is 62.7 Å². The average molecular weight is 569 g/mol. The number of benzene rings is 1. The normalized spacial score (nSPS) is 15.5. The highest BCUT2D eigenvalue weighted by molar-refractivity contribution is 7.89. The van der Waals surface area contributed by atoms with Gasteiger partial charge in [-0.3, -0.25) is 14.8 Å². The summed E-state index contributed by atoms with van der Waals surface area (Å²) >= 11 is 1.70. The number of H-pyrrole nitrogens is 2. The van der Waals surface area contributed by atoms with Crippen LogP contribution < -0.4 is 5.73 Å². The summed E-state index contributed by atoms with van der Waals surface area (Å²) in [6.45, 7) is 8.38. The van der Waals surface area contributed by atoms with Crippen molar-refractivity contribution in [2.45, 2.75) is 52.6 Å². The van der Waals surface area contributed by atoms with Crippen molar-refractivity contribution in [2.24, 2.45) is 5.73 Å². The van der Waals surface area contributed by atoms with E-state index in [1.54, 1.807) is 22.6 Å². The molecule has 1 saturated heterocycles. The highest BCUT2D eigenvalue weighted by Crippen LogP contribution is 2.38. The Morgan fingerprint density at radius 2 is 1.92 bits per heavy atom. The lowest BCUT2D eigenvalue weighted by atomic mass is 9.88. The molecular formula is C28H36N6O3S2. The van der Waals surface area contributed by atoms with Gasteiger partial charge in [-0.1, -0.05) is 0 Å². The second-order valence-corrected chi connectivity index (χ2v) is 13.8. The summed E-state index contributed by atoms with van der Waals surface area (Å²) < 4.78 is 26.2. The predicted molar refractivity (Wildman–Crippen MR) is 156 cm³/mol. The van der Waals surface area contributed by atoms with E-state index >= 15 is 0 Å². The summed E-state index contributed by atoms with van der Waals surface area (Å²) in [7, 11) is -1.08. The van der Waals surface area contributed by atoms with Crippen molar-refractivity contribution in [3.63, 3.8) is 0 Å². The third-order valence-electron chi connectivity index (χ3n) is 7.86. The van der Waals surface area contributed by atoms with Crippen molar-refractivity contribution < 1.29 is 13.2 Å². The number of thiophene rings is 1. The molecule has 4 heterocycles. The van der Waals surface area contributed by atoms with Crippen molar-refractivity contribution in [2.75, 3.05) is 25.9 Å². The van der Waals surface area contributed by atoms with Gasteiger partial charge in [0, 0.05) is 53.9 Å². The van der Waals surface area contributed by atoms with E-state index < -0.39 is 15.9 Å². The zero-order valence-corrected chi connectivity index (χ0v) is 24.5. The van der Waals surface area contributed by atoms with Crippen LogP contribution in [0.15, 0.2) is 29.8 Å². The smallest absolute Gasteiger partial charge is 0.250 e. The molecule has 0 radical (unpaired) electrons. The monoisotopic (exact) mass is 568 g/mol. The molecule has 5 rings (SSSR count). The number of nitrogens with two attached hydrogens (primary N) is 1. The van der Waals surface area contributed by atoms with Gasteiger partial charge in [-0.25, -0.2) is 12.7 Å². The van der Waals surface area contributed by atoms with Gasteiger partial charge in [-0.15, -0.1) is 11.3 Å². The van der Waals surface area contributed by atoms with Crippen LogP contribution in [-0.2, 0) is 23.1 Å². The minimum absolute atomic E-state index is 0.122. The molecule has 9 nitrogen and oxygen atoms in total. The number of sulfonamides is 1. The van der Waals surface area contributed by atoms with Crippen LogP contribution in [0.25, 0.3) is 22.0 Å². The molecule has 0 unspecified atom stereocenters. The molecule has 11 heteroatoms. The topological polar surface area (TPSA) is 128 Å². The highest BCUT2D eigenvalue weighted by Gasteiger charge is 2.29. The molecule has 1 amide bonds. The van der Waals surface area contributed by atoms with Gasteiger partial charge >= 0.3 is 0 Å². The lowest BCUT2D eigenvalue weighted by molar-refractivity contribution is 0.100. The molecule has 0 spiro atoms. The number of hydrogen-bond donors (Lipinski definition) is 3. The first-order chi connectivity index (χ1) is 18.6. The summed E-state index contributed by atoms with van der Waals surface area (Å²) in [6, 6.07) is 6.19. The predicted octanol–water partition coefficient (Wildman–Crippen LogP) is 4.50. The van der Waals surface area contributed by atoms with E-state index in [2.05, 4.69) is 44.6 Å². The number of aromatic nitrogens is 3. The van der Waals surface area contributed by atoms with Crippen LogP contribution in [0.3, 0.4) is 0 Å². The number of piperidine rings is 1. The number of fused-ring (bicyclic) bond motifs is 1. The number of amides is 1. The van der Waals surface area contributed by atoms with E-state index in [0.29, 0.717) is 18.7 Å². The maximum atomic E-state index is 12.4. The lowest BCUT2D eigenvalue weighted by Gasteiger charge is -2.31. The molecule has 0 aliphatic carbocycles. The summed E-state index contributed by atoms with van der Waals surface area (Å²) in [5, 5.41) is 10.5. The number of hydrogen-bond acceptors (Lipinski definition) is 6. The van der Waals surface area contributed by atoms with Gasteiger partial charge in [0.15, 0.2) is 0 Å². The van der Waals surface area contributed by atoms with Gasteiger partial charge in [0.25, 0.3) is 5.91 Å². The molecule has 1 aromatic carbocycles. The molecule has 3 aromatic heterocycles. The first-order valence-corrected chi connectivity index (χ1v) is 15.8. The van der Waals surface area contributed by atoms with Gasteiger partial charge in [0.2, 0.25) is 10.0 Å². The van der Waals surface area contributed by atoms with E-state index in [1.165, 1.54) is 10.4 Å². The number of nitrogens with zero attached hydrogens (tertiary/aromatic N) is 3. The first kappa shape index (κ1) is 27.6. The molecule has 4 aromatic rings. The molecule has 0 saturated carbocycles. The van der Waals surface area contributed by atoms with E-state index in [1.807, 2.05) is 26.1 Å². The average Bonchev–Trinajstić information content (AvgIpc) is 3.63. The first-order valence-electron chi connectivity index (χ1n) is 13.3. The molecule has 1 aliphatic rings. The molecule has 0 atom stereocenters. The van der Waals surface area contributed by atoms with Crippen LogP contribution in [0, 0.1) is 13.8 Å². The third kappa shape index (κ3) is 5.54. The summed E-state index contributed by atoms with van der Waals surface area (Å²) in [4.78, 5) is 19.2. The molecule has 1 fully saturated rings. The van der Waals surface area contributed by atoms with Crippen molar-refractivity contribution >= 4 is 38.2 Å². The van der Waals surface area contributed by atoms with Gasteiger partial charge in [0.1, 0.15) is 0 Å². The maximum absolute atomic E-state index is 12.4. The van der Waals surface area contributed by atoms with Gasteiger partial charge in [-0.2, -0.15) is 5.10 Å². The molecular weight excluding hydrogens is 532 g/mol. The number of primary amides is 1. The summed E-state index contributed by atoms with van der Waals surface area (Å²) in [5.41, 5.74) is 13.5. The number of aromatic amines is 2. The summed E-state index contributed by atoms with van der Waals surface area (Å²) in [5.74, 6) is -0.142. The summed E-state index contributed by atoms with van der Waals surface area (Å²) in [6.07, 6.45) is 3.45. The molecule has 1 aliphatic heterocycles. The van der Waals surface area contributed by atoms with Crippen LogP contribution in [-0.4, -0.2) is 64.6 Å². The Morgan fingerprint density at radius 1 is 1.18 bits per heavy atom. The molecule has 0 bridgehead atoms. The quantitative estimate of drug-likeness (QED) is 0.274. The standard InChI is InChI=1S/C28H36N6O3S2/c1-5-39(36,37)34-8-6-19(7-9-34)25-13-30-27-23(25)11-20(12-24(27)28(29)35)21-10-22(38-16-21)14-33(4)15-26-17(2)31-32-18(26)3/h10-13,16,19,30H,5-9,14-15H2,1-4H3,(H2,29,35)(H,31,32). The zero-order chi connectivity index (χ0) is 27.9. The van der Waals surface area contributed by atoms with Crippen LogP contribution >= 0.6 is 11.3 Å². The number of carbonyl (C=O) groups is 1. The second-order valence-electron chi connectivity index (χ2n) is 10.5. The lowest BCUT2D eigenvalue weighted by Crippen LogP contribution is -2.38. The fourth-order valence-corrected chi connectivity index (χ4v) is 7.70. The fourth-order valence-electron chi connectivity index (χ4n) is 5.59. The second kappa shape index (κ2) is 10.9. The largest absolute Gasteiger partial charge is 0.366 e. The van der Waals surface area contributed by atoms with Crippen molar-refractivity contribution in [1.29, 1.82) is 0 Å². The Hall–Kier alpha value is -2.99. The Kier molecular flexibility index (Phi) is 7.69. The van der Waals surface area contributed by atoms with E-state index in [0.717, 1.165) is 64.9 Å². The van der Waals surface area contributed by atoms with Gasteiger partial charge < -0.3 is 10.7 Å². The van der Waals surface area contributed by atoms with E-state index in [9.17, 15) is 13.2 Å². The van der Waals surface area contributed by atoms with Crippen LogP contribution in [0.1, 0.15) is 63.4 Å². The maximum Gasteiger partial charge on any atom is 0.250 e. The SMILES string of the molecule is CCS(=O)(=O)N1CCC(c2c[nH]c3c(C(N)=O)cc(-c4csc(CN(C)Cc5c(C)n[nH]c5C)c4)cc23)CC1. The number of nitrogens with one attached hydrogen (secondary N) is 2.